The number of fused-ring (bicyclic) bond motifs is 1. The summed E-state index contributed by atoms with van der Waals surface area (Å²) in [5, 5.41) is 13.2. The maximum Gasteiger partial charge on any atom is 0.407 e. The summed E-state index contributed by atoms with van der Waals surface area (Å²) in [5.74, 6) is -0.780. The summed E-state index contributed by atoms with van der Waals surface area (Å²) < 4.78 is 5.09. The maximum absolute atomic E-state index is 13.1. The summed E-state index contributed by atoms with van der Waals surface area (Å²) in [6.07, 6.45) is 4.94. The van der Waals surface area contributed by atoms with Crippen molar-refractivity contribution in [2.24, 2.45) is 5.73 Å². The Kier molecular flexibility index (Phi) is 6.18. The van der Waals surface area contributed by atoms with Gasteiger partial charge in [-0.2, -0.15) is 5.10 Å². The molecule has 0 radical (unpaired) electrons. The Morgan fingerprint density at radius 3 is 2.78 bits per heavy atom. The van der Waals surface area contributed by atoms with Gasteiger partial charge in [0, 0.05) is 42.5 Å². The first-order chi connectivity index (χ1) is 15.6. The van der Waals surface area contributed by atoms with Gasteiger partial charge in [-0.05, 0) is 17.2 Å². The summed E-state index contributed by atoms with van der Waals surface area (Å²) in [6, 6.07) is 13.0. The first kappa shape index (κ1) is 21.1. The van der Waals surface area contributed by atoms with Gasteiger partial charge >= 0.3 is 6.09 Å². The van der Waals surface area contributed by atoms with Crippen molar-refractivity contribution in [2.75, 3.05) is 18.9 Å². The molecule has 0 saturated heterocycles. The largest absolute Gasteiger partial charge is 0.445 e. The average Bonchev–Trinajstić information content (AvgIpc) is 3.48. The van der Waals surface area contributed by atoms with E-state index in [1.54, 1.807) is 6.20 Å². The van der Waals surface area contributed by atoms with E-state index in [1.165, 1.54) is 7.05 Å². The highest BCUT2D eigenvalue weighted by molar-refractivity contribution is 6.07. The molecule has 0 bridgehead atoms. The molecule has 4 aromatic rings. The Bertz CT molecular complexity index is 1230. The zero-order valence-electron chi connectivity index (χ0n) is 17.5. The summed E-state index contributed by atoms with van der Waals surface area (Å²) >= 11 is 0. The molecule has 0 fully saturated rings. The molecule has 2 aromatic carbocycles. The van der Waals surface area contributed by atoms with Crippen molar-refractivity contribution in [2.45, 2.75) is 12.5 Å². The van der Waals surface area contributed by atoms with Crippen LogP contribution < -0.4 is 16.4 Å². The molecule has 0 saturated carbocycles. The van der Waals surface area contributed by atoms with E-state index in [1.807, 2.05) is 54.9 Å². The molecule has 9 nitrogen and oxygen atoms in total. The summed E-state index contributed by atoms with van der Waals surface area (Å²) in [7, 11) is 1.50. The second-order valence-electron chi connectivity index (χ2n) is 7.27. The number of amides is 2. The number of nitrogens with one attached hydrogen (secondary N) is 4. The minimum atomic E-state index is -0.562. The number of alkyl carbamates (subject to hydrolysis) is 1. The van der Waals surface area contributed by atoms with Gasteiger partial charge in [-0.1, -0.05) is 36.4 Å². The van der Waals surface area contributed by atoms with Gasteiger partial charge in [0.2, 0.25) is 5.91 Å². The van der Waals surface area contributed by atoms with Crippen LogP contribution >= 0.6 is 0 Å². The van der Waals surface area contributed by atoms with E-state index in [2.05, 4.69) is 25.8 Å². The van der Waals surface area contributed by atoms with Crippen LogP contribution in [0, 0.1) is 0 Å². The number of nitrogens with zero attached hydrogens (tertiary/aromatic N) is 1. The van der Waals surface area contributed by atoms with Crippen molar-refractivity contribution >= 4 is 28.6 Å². The van der Waals surface area contributed by atoms with Gasteiger partial charge in [0.05, 0.1) is 23.3 Å². The van der Waals surface area contributed by atoms with E-state index in [0.717, 1.165) is 33.2 Å². The number of rotatable bonds is 7. The third-order valence-corrected chi connectivity index (χ3v) is 5.26. The molecule has 0 unspecified atom stereocenters. The van der Waals surface area contributed by atoms with Gasteiger partial charge in [0.1, 0.15) is 6.61 Å². The number of anilines is 1. The van der Waals surface area contributed by atoms with Crippen LogP contribution in [0.15, 0.2) is 61.1 Å². The number of benzene rings is 2. The maximum atomic E-state index is 13.1. The molecule has 2 aromatic heterocycles. The molecule has 0 spiro atoms. The molecule has 6 N–H and O–H groups in total. The van der Waals surface area contributed by atoms with Crippen LogP contribution in [0.4, 0.5) is 10.5 Å². The SMILES string of the molecule is CNC(=O)OCc1cccc([C@@H](CN)C(=O)Nc2cccc3c(-c4cn[nH]c4)c[nH]c23)c1. The third-order valence-electron chi connectivity index (χ3n) is 5.26. The molecule has 2 heterocycles. The first-order valence-electron chi connectivity index (χ1n) is 10.1. The predicted octanol–water partition coefficient (Wildman–Crippen LogP) is 3.09. The molecule has 0 aliphatic carbocycles. The number of carbonyl (C=O) groups is 2. The van der Waals surface area contributed by atoms with E-state index >= 15 is 0 Å². The van der Waals surface area contributed by atoms with E-state index in [4.69, 9.17) is 10.5 Å². The van der Waals surface area contributed by atoms with E-state index in [9.17, 15) is 9.59 Å². The number of hydrogen-bond acceptors (Lipinski definition) is 5. The quantitative estimate of drug-likeness (QED) is 0.305. The van der Waals surface area contributed by atoms with Crippen molar-refractivity contribution < 1.29 is 14.3 Å². The second-order valence-corrected chi connectivity index (χ2v) is 7.27. The van der Waals surface area contributed by atoms with Gasteiger partial charge < -0.3 is 26.1 Å². The number of para-hydroxylation sites is 1. The van der Waals surface area contributed by atoms with Crippen LogP contribution in [-0.4, -0.2) is 40.8 Å². The Labute approximate surface area is 184 Å². The van der Waals surface area contributed by atoms with Crippen LogP contribution in [0.5, 0.6) is 0 Å². The lowest BCUT2D eigenvalue weighted by molar-refractivity contribution is -0.117. The van der Waals surface area contributed by atoms with Crippen LogP contribution in [0.25, 0.3) is 22.0 Å². The fraction of sp³-hybridized carbons (Fsp3) is 0.174. The molecule has 1 atom stereocenters. The van der Waals surface area contributed by atoms with Crippen molar-refractivity contribution in [1.82, 2.24) is 20.5 Å². The third kappa shape index (κ3) is 4.33. The molecule has 2 amide bonds. The Morgan fingerprint density at radius 2 is 2.03 bits per heavy atom. The zero-order valence-corrected chi connectivity index (χ0v) is 17.5. The van der Waals surface area contributed by atoms with Crippen molar-refractivity contribution in [3.05, 3.63) is 72.2 Å². The minimum Gasteiger partial charge on any atom is -0.445 e. The lowest BCUT2D eigenvalue weighted by Gasteiger charge is -2.17. The molecule has 32 heavy (non-hydrogen) atoms. The summed E-state index contributed by atoms with van der Waals surface area (Å²) in [6.45, 7) is 0.234. The highest BCUT2D eigenvalue weighted by atomic mass is 16.5. The van der Waals surface area contributed by atoms with Gasteiger partial charge in [-0.15, -0.1) is 0 Å². The summed E-state index contributed by atoms with van der Waals surface area (Å²) in [5.41, 5.74) is 10.9. The number of aromatic amines is 2. The van der Waals surface area contributed by atoms with Crippen LogP contribution in [0.3, 0.4) is 0 Å². The average molecular weight is 432 g/mol. The monoisotopic (exact) mass is 432 g/mol. The highest BCUT2D eigenvalue weighted by Crippen LogP contribution is 2.32. The normalized spacial score (nSPS) is 11.8. The standard InChI is InChI=1S/C23H24N6O3/c1-25-23(31)32-13-14-4-2-5-15(8-14)18(9-24)22(30)29-20-7-3-6-17-19(12-26-21(17)20)16-10-27-28-11-16/h2-8,10-12,18,26H,9,13,24H2,1H3,(H,25,31)(H,27,28)(H,29,30)/t18-/m1/s1. The minimum absolute atomic E-state index is 0.102. The number of nitrogens with two attached hydrogens (primary N) is 1. The lowest BCUT2D eigenvalue weighted by Crippen LogP contribution is -2.27. The van der Waals surface area contributed by atoms with Crippen molar-refractivity contribution in [3.8, 4) is 11.1 Å². The molecule has 9 heteroatoms. The number of aromatic nitrogens is 3. The van der Waals surface area contributed by atoms with E-state index in [-0.39, 0.29) is 19.1 Å². The van der Waals surface area contributed by atoms with Gasteiger partial charge in [0.25, 0.3) is 0 Å². The predicted molar refractivity (Wildman–Crippen MR) is 122 cm³/mol. The van der Waals surface area contributed by atoms with Gasteiger partial charge in [-0.25, -0.2) is 4.79 Å². The van der Waals surface area contributed by atoms with Crippen molar-refractivity contribution in [3.63, 3.8) is 0 Å². The molecule has 0 aliphatic rings. The number of hydrogen-bond donors (Lipinski definition) is 5. The van der Waals surface area contributed by atoms with Crippen LogP contribution in [0.2, 0.25) is 0 Å². The van der Waals surface area contributed by atoms with Crippen LogP contribution in [0.1, 0.15) is 17.0 Å². The lowest BCUT2D eigenvalue weighted by atomic mass is 9.96. The smallest absolute Gasteiger partial charge is 0.407 e. The number of H-pyrrole nitrogens is 2. The molecule has 164 valence electrons. The zero-order chi connectivity index (χ0) is 22.5. The van der Waals surface area contributed by atoms with Gasteiger partial charge in [-0.3, -0.25) is 9.89 Å². The first-order valence-corrected chi connectivity index (χ1v) is 10.1. The van der Waals surface area contributed by atoms with E-state index < -0.39 is 12.0 Å². The molecular weight excluding hydrogens is 408 g/mol. The van der Waals surface area contributed by atoms with Crippen molar-refractivity contribution in [1.29, 1.82) is 0 Å². The number of ether oxygens (including phenoxy) is 1. The molecule has 0 aliphatic heterocycles. The van der Waals surface area contributed by atoms with Crippen LogP contribution in [-0.2, 0) is 16.1 Å². The number of carbonyl (C=O) groups excluding carboxylic acids is 2. The van der Waals surface area contributed by atoms with E-state index in [0.29, 0.717) is 5.69 Å². The summed E-state index contributed by atoms with van der Waals surface area (Å²) in [4.78, 5) is 27.7. The fourth-order valence-corrected chi connectivity index (χ4v) is 3.63. The molecule has 4 rings (SSSR count). The Balaban J connectivity index is 1.55. The Morgan fingerprint density at radius 1 is 1.19 bits per heavy atom. The molecular formula is C23H24N6O3. The second kappa shape index (κ2) is 9.36. The highest BCUT2D eigenvalue weighted by Gasteiger charge is 2.21. The topological polar surface area (TPSA) is 138 Å². The van der Waals surface area contributed by atoms with Gasteiger partial charge in [0.15, 0.2) is 0 Å². The Hall–Kier alpha value is -4.11. The fourth-order valence-electron chi connectivity index (χ4n) is 3.63.